The molecule has 0 saturated heterocycles. The molecule has 0 saturated carbocycles. The molecule has 0 atom stereocenters. The van der Waals surface area contributed by atoms with E-state index in [4.69, 9.17) is 0 Å². The van der Waals surface area contributed by atoms with E-state index >= 15 is 0 Å². The molecule has 0 radical (unpaired) electrons. The average molecular weight is 292 g/mol. The third-order valence-electron chi connectivity index (χ3n) is 2.42. The van der Waals surface area contributed by atoms with Crippen LogP contribution in [0.5, 0.6) is 0 Å². The van der Waals surface area contributed by atoms with Gasteiger partial charge in [-0.15, -0.1) is 0 Å². The zero-order chi connectivity index (χ0) is 9.52. The van der Waals surface area contributed by atoms with Gasteiger partial charge in [-0.2, -0.15) is 0 Å². The van der Waals surface area contributed by atoms with Gasteiger partial charge in [0.25, 0.3) is 0 Å². The Hall–Kier alpha value is 0.270. The van der Waals surface area contributed by atoms with Crippen molar-refractivity contribution in [3.05, 3.63) is 21.8 Å². The summed E-state index contributed by atoms with van der Waals surface area (Å²) in [6.07, 6.45) is 10.6. The van der Waals surface area contributed by atoms with E-state index in [1.54, 1.807) is 9.19 Å². The average Bonchev–Trinajstić information content (AvgIpc) is 2.19. The van der Waals surface area contributed by atoms with E-state index in [-0.39, 0.29) is 20.9 Å². The van der Waals surface area contributed by atoms with Crippen LogP contribution in [0.1, 0.15) is 45.4 Å². The molecule has 0 unspecified atom stereocenters. The molecule has 0 nitrogen and oxygen atoms in total. The van der Waals surface area contributed by atoms with E-state index in [0.29, 0.717) is 0 Å². The topological polar surface area (TPSA) is 0 Å². The van der Waals surface area contributed by atoms with Gasteiger partial charge in [-0.25, -0.2) is 0 Å². The van der Waals surface area contributed by atoms with Gasteiger partial charge in [0, 0.05) is 0 Å². The fourth-order valence-electron chi connectivity index (χ4n) is 1.52. The Morgan fingerprint density at radius 1 is 1.54 bits per heavy atom. The summed E-state index contributed by atoms with van der Waals surface area (Å²) >= 11 is 0.0942. The van der Waals surface area contributed by atoms with Gasteiger partial charge in [0.15, 0.2) is 0 Å². The zero-order valence-electron chi connectivity index (χ0n) is 8.64. The van der Waals surface area contributed by atoms with Crippen molar-refractivity contribution in [3.63, 3.8) is 0 Å². The van der Waals surface area contributed by atoms with Crippen LogP contribution in [0.15, 0.2) is 21.8 Å². The first-order valence-electron chi connectivity index (χ1n) is 5.35. The second-order valence-electron chi connectivity index (χ2n) is 3.60. The van der Waals surface area contributed by atoms with E-state index in [2.05, 4.69) is 19.6 Å². The summed E-state index contributed by atoms with van der Waals surface area (Å²) in [6, 6.07) is 0. The normalized spacial score (nSPS) is 16.8. The molecular weight excluding hydrogens is 272 g/mol. The third kappa shape index (κ3) is 4.34. The number of unbranched alkanes of at least 4 members (excludes halogenated alkanes) is 1. The van der Waals surface area contributed by atoms with E-state index in [1.807, 2.05) is 0 Å². The Kier molecular flexibility index (Phi) is 5.83. The van der Waals surface area contributed by atoms with Gasteiger partial charge >= 0.3 is 92.7 Å². The molecule has 0 aliphatic heterocycles. The van der Waals surface area contributed by atoms with Gasteiger partial charge in [-0.1, -0.05) is 0 Å². The first-order chi connectivity index (χ1) is 6.34. The molecule has 0 fully saturated rings. The van der Waals surface area contributed by atoms with Gasteiger partial charge in [0.2, 0.25) is 0 Å². The number of rotatable bonds is 5. The molecule has 0 aromatic heterocycles. The molecule has 0 bridgehead atoms. The summed E-state index contributed by atoms with van der Waals surface area (Å²) in [5.41, 5.74) is 1.62. The fraction of sp³-hybridized carbons (Fsp3) is 0.667. The van der Waals surface area contributed by atoms with Crippen molar-refractivity contribution in [1.82, 2.24) is 0 Å². The summed E-state index contributed by atoms with van der Waals surface area (Å²) in [7, 11) is 0. The van der Waals surface area contributed by atoms with E-state index in [0.717, 1.165) is 0 Å². The Balaban J connectivity index is 2.25. The molecule has 0 aromatic rings. The predicted octanol–water partition coefficient (Wildman–Crippen LogP) is 3.92. The molecular formula is C12H20Te. The van der Waals surface area contributed by atoms with Crippen molar-refractivity contribution in [1.29, 1.82) is 0 Å². The maximum absolute atomic E-state index is 4.24. The summed E-state index contributed by atoms with van der Waals surface area (Å²) in [6.45, 7) is 6.51. The van der Waals surface area contributed by atoms with Crippen molar-refractivity contribution >= 4 is 20.9 Å². The Bertz CT molecular complexity index is 191. The Morgan fingerprint density at radius 2 is 2.38 bits per heavy atom. The van der Waals surface area contributed by atoms with Crippen molar-refractivity contribution in [3.8, 4) is 0 Å². The molecule has 1 aliphatic rings. The molecule has 13 heavy (non-hydrogen) atoms. The summed E-state index contributed by atoms with van der Waals surface area (Å²) in [5, 5.41) is 0. The molecule has 1 rings (SSSR count). The molecule has 0 spiro atoms. The van der Waals surface area contributed by atoms with Crippen LogP contribution in [-0.4, -0.2) is 20.9 Å². The molecule has 0 N–H and O–H groups in total. The van der Waals surface area contributed by atoms with Crippen molar-refractivity contribution < 1.29 is 0 Å². The number of hydrogen-bond acceptors (Lipinski definition) is 0. The standard InChI is InChI=1S/C12H20Te/c1-3-4-10-13-11(2)12-8-6-5-7-9-12/h8H,2-7,9-10H2,1H3. The van der Waals surface area contributed by atoms with Gasteiger partial charge < -0.3 is 0 Å². The van der Waals surface area contributed by atoms with Crippen molar-refractivity contribution in [2.75, 3.05) is 0 Å². The van der Waals surface area contributed by atoms with Crippen LogP contribution in [-0.2, 0) is 0 Å². The Labute approximate surface area is 92.6 Å². The molecule has 1 heteroatoms. The third-order valence-corrected chi connectivity index (χ3v) is 5.57. The van der Waals surface area contributed by atoms with E-state index < -0.39 is 0 Å². The number of allylic oxidation sites excluding steroid dienone is 3. The minimum absolute atomic E-state index is 0.0942. The maximum atomic E-state index is 4.24. The van der Waals surface area contributed by atoms with Crippen LogP contribution in [0.2, 0.25) is 4.47 Å². The number of hydrogen-bond donors (Lipinski definition) is 0. The predicted molar refractivity (Wildman–Crippen MR) is 61.2 cm³/mol. The van der Waals surface area contributed by atoms with Crippen LogP contribution >= 0.6 is 0 Å². The van der Waals surface area contributed by atoms with Crippen molar-refractivity contribution in [2.24, 2.45) is 0 Å². The van der Waals surface area contributed by atoms with Crippen LogP contribution < -0.4 is 0 Å². The quantitative estimate of drug-likeness (QED) is 0.532. The molecule has 0 amide bonds. The second-order valence-corrected chi connectivity index (χ2v) is 7.00. The minimum atomic E-state index is 0.0942. The van der Waals surface area contributed by atoms with Crippen LogP contribution in [0, 0.1) is 0 Å². The summed E-state index contributed by atoms with van der Waals surface area (Å²) in [5.74, 6) is 0. The van der Waals surface area contributed by atoms with Gasteiger partial charge in [-0.05, 0) is 0 Å². The van der Waals surface area contributed by atoms with Crippen LogP contribution in [0.3, 0.4) is 0 Å². The molecule has 74 valence electrons. The molecule has 1 aliphatic carbocycles. The molecule has 0 aromatic carbocycles. The van der Waals surface area contributed by atoms with Crippen LogP contribution in [0.25, 0.3) is 0 Å². The van der Waals surface area contributed by atoms with Gasteiger partial charge in [0.05, 0.1) is 0 Å². The fourth-order valence-corrected chi connectivity index (χ4v) is 4.52. The zero-order valence-corrected chi connectivity index (χ0v) is 11.0. The molecule has 0 heterocycles. The van der Waals surface area contributed by atoms with Gasteiger partial charge in [-0.3, -0.25) is 0 Å². The van der Waals surface area contributed by atoms with Crippen molar-refractivity contribution in [2.45, 2.75) is 49.9 Å². The summed E-state index contributed by atoms with van der Waals surface area (Å²) < 4.78 is 3.00. The van der Waals surface area contributed by atoms with E-state index in [1.165, 1.54) is 43.0 Å². The second kappa shape index (κ2) is 6.68. The Morgan fingerprint density at radius 3 is 3.00 bits per heavy atom. The SMILES string of the molecule is C=C([Te]CCCC)C1=CCCCC1. The first-order valence-corrected chi connectivity index (χ1v) is 8.17. The first kappa shape index (κ1) is 11.3. The van der Waals surface area contributed by atoms with E-state index in [9.17, 15) is 0 Å². The van der Waals surface area contributed by atoms with Gasteiger partial charge in [0.1, 0.15) is 0 Å². The van der Waals surface area contributed by atoms with Crippen LogP contribution in [0.4, 0.5) is 0 Å². The monoisotopic (exact) mass is 294 g/mol. The summed E-state index contributed by atoms with van der Waals surface area (Å²) in [4.78, 5) is 0.